The Hall–Kier alpha value is -1.30. The van der Waals surface area contributed by atoms with E-state index in [1.54, 1.807) is 0 Å². The Morgan fingerprint density at radius 2 is 1.92 bits per heavy atom. The van der Waals surface area contributed by atoms with Crippen LogP contribution in [-0.4, -0.2) is 49.0 Å². The highest BCUT2D eigenvalue weighted by atomic mass is 35.5. The summed E-state index contributed by atoms with van der Waals surface area (Å²) < 4.78 is 10.3. The summed E-state index contributed by atoms with van der Waals surface area (Å²) in [7, 11) is 1.32. The average Bonchev–Trinajstić information content (AvgIpc) is 2.60. The molecule has 3 atom stereocenters. The van der Waals surface area contributed by atoms with Crippen LogP contribution in [0, 0.1) is 17.8 Å². The predicted molar refractivity (Wildman–Crippen MR) is 95.6 cm³/mol. The first-order chi connectivity index (χ1) is 11.5. The van der Waals surface area contributed by atoms with Crippen LogP contribution < -0.4 is 0 Å². The molecule has 1 aliphatic heterocycles. The van der Waals surface area contributed by atoms with E-state index in [-0.39, 0.29) is 36.0 Å². The van der Waals surface area contributed by atoms with Gasteiger partial charge in [0.25, 0.3) is 0 Å². The highest BCUT2D eigenvalue weighted by Gasteiger charge is 2.44. The number of hydrogen-bond acceptors (Lipinski definition) is 5. The second-order valence-corrected chi connectivity index (χ2v) is 6.99. The van der Waals surface area contributed by atoms with Gasteiger partial charge in [0.2, 0.25) is 0 Å². The number of carbonyl (C=O) groups is 3. The van der Waals surface area contributed by atoms with Gasteiger partial charge in [0.05, 0.1) is 13.7 Å². The number of carbonyl (C=O) groups excluding carboxylic acids is 3. The molecule has 2 fully saturated rings. The number of rotatable bonds is 5. The topological polar surface area (TPSA) is 72.9 Å². The first-order valence-electron chi connectivity index (χ1n) is 9.02. The first-order valence-corrected chi connectivity index (χ1v) is 9.02. The van der Waals surface area contributed by atoms with E-state index in [2.05, 4.69) is 13.8 Å². The Balaban J connectivity index is 0.00000312. The number of likely N-dealkylation sites (tertiary alicyclic amines) is 1. The van der Waals surface area contributed by atoms with Crippen molar-refractivity contribution >= 4 is 30.3 Å². The number of hydrogen-bond donors (Lipinski definition) is 0. The number of methoxy groups -OCH3 is 1. The lowest BCUT2D eigenvalue weighted by atomic mass is 9.72. The number of ether oxygens (including phenoxy) is 2. The molecule has 1 aliphatic carbocycles. The Morgan fingerprint density at radius 1 is 1.24 bits per heavy atom. The second-order valence-electron chi connectivity index (χ2n) is 6.99. The van der Waals surface area contributed by atoms with Crippen LogP contribution in [0.5, 0.6) is 0 Å². The predicted octanol–water partition coefficient (Wildman–Crippen LogP) is 3.21. The van der Waals surface area contributed by atoms with Crippen molar-refractivity contribution in [1.82, 2.24) is 4.90 Å². The highest BCUT2D eigenvalue weighted by Crippen LogP contribution is 2.38. The number of amides is 1. The molecule has 2 rings (SSSR count). The molecular formula is C18H30ClNO5. The summed E-state index contributed by atoms with van der Waals surface area (Å²) in [5.41, 5.74) is 0. The quantitative estimate of drug-likeness (QED) is 0.690. The molecule has 0 aromatic carbocycles. The van der Waals surface area contributed by atoms with Crippen molar-refractivity contribution in [2.75, 3.05) is 20.3 Å². The largest absolute Gasteiger partial charge is 0.464 e. The molecule has 0 aromatic rings. The fraction of sp³-hybridized carbons (Fsp3) is 0.833. The minimum atomic E-state index is -0.640. The van der Waals surface area contributed by atoms with Crippen molar-refractivity contribution in [3.8, 4) is 0 Å². The van der Waals surface area contributed by atoms with E-state index in [1.807, 2.05) is 0 Å². The number of Topliss-reactive ketones (excluding diaryl/α,β-unsaturated/α-hetero) is 1. The fourth-order valence-corrected chi connectivity index (χ4v) is 3.82. The lowest BCUT2D eigenvalue weighted by Crippen LogP contribution is -2.55. The zero-order valence-electron chi connectivity index (χ0n) is 15.4. The molecule has 6 nitrogen and oxygen atoms in total. The molecular weight excluding hydrogens is 346 g/mol. The van der Waals surface area contributed by atoms with E-state index >= 15 is 0 Å². The van der Waals surface area contributed by atoms with Crippen molar-refractivity contribution in [3.63, 3.8) is 0 Å². The fourth-order valence-electron chi connectivity index (χ4n) is 3.82. The molecule has 0 N–H and O–H groups in total. The average molecular weight is 376 g/mol. The monoisotopic (exact) mass is 375 g/mol. The van der Waals surface area contributed by atoms with Gasteiger partial charge in [-0.1, -0.05) is 26.7 Å². The number of piperidine rings is 1. The molecule has 1 saturated carbocycles. The Morgan fingerprint density at radius 3 is 2.52 bits per heavy atom. The van der Waals surface area contributed by atoms with E-state index in [0.29, 0.717) is 38.3 Å². The van der Waals surface area contributed by atoms with Crippen LogP contribution in [0.1, 0.15) is 52.4 Å². The molecule has 0 bridgehead atoms. The number of esters is 1. The van der Waals surface area contributed by atoms with Gasteiger partial charge in [-0.05, 0) is 30.6 Å². The summed E-state index contributed by atoms with van der Waals surface area (Å²) in [6.45, 7) is 4.99. The summed E-state index contributed by atoms with van der Waals surface area (Å²) in [6.07, 6.45) is 3.77. The zero-order valence-corrected chi connectivity index (χ0v) is 16.2. The smallest absolute Gasteiger partial charge is 0.410 e. The van der Waals surface area contributed by atoms with Crippen LogP contribution in [-0.2, 0) is 19.1 Å². The molecule has 0 unspecified atom stereocenters. The van der Waals surface area contributed by atoms with Crippen LogP contribution in [0.3, 0.4) is 0 Å². The number of nitrogens with zero attached hydrogens (tertiary/aromatic N) is 1. The van der Waals surface area contributed by atoms with Gasteiger partial charge >= 0.3 is 12.1 Å². The molecule has 0 radical (unpaired) electrons. The minimum Gasteiger partial charge on any atom is -0.464 e. The maximum atomic E-state index is 12.6. The van der Waals surface area contributed by atoms with E-state index in [1.165, 1.54) is 12.0 Å². The van der Waals surface area contributed by atoms with E-state index < -0.39 is 12.1 Å². The standard InChI is InChI=1S/C18H29NO5.ClH/c1-4-12(5-2)11-24-17(21)16-9-14-8-15(20)7-6-13(14)10-19(16)18(22)23-3;/h12-14,16H,4-11H2,1-3H3;1H/t13-,14+,16-;/m0./s1. The van der Waals surface area contributed by atoms with E-state index in [9.17, 15) is 14.4 Å². The van der Waals surface area contributed by atoms with Gasteiger partial charge in [-0.15, -0.1) is 12.4 Å². The first kappa shape index (κ1) is 21.7. The molecule has 1 heterocycles. The number of ketones is 1. The lowest BCUT2D eigenvalue weighted by Gasteiger charge is -2.43. The molecule has 1 saturated heterocycles. The summed E-state index contributed by atoms with van der Waals surface area (Å²) in [5.74, 6) is 0.659. The maximum Gasteiger partial charge on any atom is 0.410 e. The van der Waals surface area contributed by atoms with Crippen LogP contribution in [0.25, 0.3) is 0 Å². The Kier molecular flexibility index (Phi) is 8.69. The Bertz CT molecular complexity index is 480. The zero-order chi connectivity index (χ0) is 17.7. The summed E-state index contributed by atoms with van der Waals surface area (Å²) in [6, 6.07) is -0.640. The molecule has 25 heavy (non-hydrogen) atoms. The minimum absolute atomic E-state index is 0. The van der Waals surface area contributed by atoms with Gasteiger partial charge in [0, 0.05) is 19.4 Å². The Labute approximate surface area is 156 Å². The molecule has 0 spiro atoms. The van der Waals surface area contributed by atoms with Crippen molar-refractivity contribution in [2.45, 2.75) is 58.4 Å². The molecule has 7 heteroatoms. The highest BCUT2D eigenvalue weighted by molar-refractivity contribution is 5.85. The summed E-state index contributed by atoms with van der Waals surface area (Å²) in [5, 5.41) is 0. The van der Waals surface area contributed by atoms with Gasteiger partial charge in [0.1, 0.15) is 11.8 Å². The van der Waals surface area contributed by atoms with Crippen molar-refractivity contribution in [2.24, 2.45) is 17.8 Å². The summed E-state index contributed by atoms with van der Waals surface area (Å²) in [4.78, 5) is 37.9. The van der Waals surface area contributed by atoms with Crippen LogP contribution in [0.2, 0.25) is 0 Å². The van der Waals surface area contributed by atoms with Crippen molar-refractivity contribution in [1.29, 1.82) is 0 Å². The van der Waals surface area contributed by atoms with Gasteiger partial charge in [-0.25, -0.2) is 9.59 Å². The van der Waals surface area contributed by atoms with E-state index in [4.69, 9.17) is 9.47 Å². The van der Waals surface area contributed by atoms with Crippen molar-refractivity contribution in [3.05, 3.63) is 0 Å². The number of halogens is 1. The third-order valence-corrected chi connectivity index (χ3v) is 5.58. The van der Waals surface area contributed by atoms with Gasteiger partial charge in [-0.2, -0.15) is 0 Å². The van der Waals surface area contributed by atoms with Gasteiger partial charge in [0.15, 0.2) is 0 Å². The molecule has 1 amide bonds. The normalized spacial score (nSPS) is 25.8. The van der Waals surface area contributed by atoms with E-state index in [0.717, 1.165) is 19.3 Å². The van der Waals surface area contributed by atoms with Gasteiger partial charge in [-0.3, -0.25) is 9.69 Å². The van der Waals surface area contributed by atoms with Gasteiger partial charge < -0.3 is 9.47 Å². The SMILES string of the molecule is CCC(CC)COC(=O)[C@@H]1C[C@H]2CC(=O)CC[C@H]2CN1C(=O)OC.Cl. The third kappa shape index (κ3) is 5.33. The third-order valence-electron chi connectivity index (χ3n) is 5.58. The summed E-state index contributed by atoms with van der Waals surface area (Å²) >= 11 is 0. The van der Waals surface area contributed by atoms with Crippen LogP contribution >= 0.6 is 12.4 Å². The molecule has 0 aromatic heterocycles. The van der Waals surface area contributed by atoms with Crippen LogP contribution in [0.15, 0.2) is 0 Å². The maximum absolute atomic E-state index is 12.6. The lowest BCUT2D eigenvalue weighted by molar-refractivity contribution is -0.155. The second kappa shape index (κ2) is 10.00. The molecule has 144 valence electrons. The molecule has 2 aliphatic rings. The number of fused-ring (bicyclic) bond motifs is 1. The van der Waals surface area contributed by atoms with Crippen molar-refractivity contribution < 1.29 is 23.9 Å². The van der Waals surface area contributed by atoms with Crippen LogP contribution in [0.4, 0.5) is 4.79 Å².